The molecule has 16 heavy (non-hydrogen) atoms. The van der Waals surface area contributed by atoms with Gasteiger partial charge in [-0.15, -0.1) is 5.10 Å². The number of thioether (sulfide) groups is 1. The molecule has 1 atom stereocenters. The number of amides is 3. The average molecular weight is 244 g/mol. The molecule has 3 amide bonds. The van der Waals surface area contributed by atoms with Crippen molar-refractivity contribution in [2.75, 3.05) is 0 Å². The summed E-state index contributed by atoms with van der Waals surface area (Å²) >= 11 is 1.16. The summed E-state index contributed by atoms with van der Waals surface area (Å²) < 4.78 is 1.55. The highest BCUT2D eigenvalue weighted by Crippen LogP contribution is 2.19. The van der Waals surface area contributed by atoms with E-state index in [1.54, 1.807) is 11.6 Å². The van der Waals surface area contributed by atoms with Crippen LogP contribution in [-0.2, 0) is 11.3 Å². The zero-order valence-electron chi connectivity index (χ0n) is 8.88. The summed E-state index contributed by atoms with van der Waals surface area (Å²) in [6.45, 7) is 4.13. The number of nitrogens with zero attached hydrogens (tertiary/aromatic N) is 4. The van der Waals surface area contributed by atoms with Gasteiger partial charge in [-0.25, -0.2) is 9.48 Å². The molecule has 0 aliphatic carbocycles. The van der Waals surface area contributed by atoms with Crippen molar-refractivity contribution in [1.82, 2.24) is 25.5 Å². The van der Waals surface area contributed by atoms with Crippen LogP contribution in [0.25, 0.3) is 0 Å². The lowest BCUT2D eigenvalue weighted by atomic mass is 10.4. The third-order valence-electron chi connectivity index (χ3n) is 1.70. The Labute approximate surface area is 95.9 Å². The van der Waals surface area contributed by atoms with Gasteiger partial charge in [0.05, 0.1) is 5.25 Å². The molecule has 1 aromatic heterocycles. The fourth-order valence-electron chi connectivity index (χ4n) is 0.914. The molecular weight excluding hydrogens is 232 g/mol. The number of carbonyl (C=O) groups is 2. The largest absolute Gasteiger partial charge is 0.351 e. The van der Waals surface area contributed by atoms with Crippen LogP contribution >= 0.6 is 11.8 Å². The van der Waals surface area contributed by atoms with Crippen LogP contribution in [0.5, 0.6) is 0 Å². The lowest BCUT2D eigenvalue weighted by molar-refractivity contribution is -0.119. The van der Waals surface area contributed by atoms with E-state index < -0.39 is 17.2 Å². The second kappa shape index (κ2) is 5.45. The molecule has 0 spiro atoms. The summed E-state index contributed by atoms with van der Waals surface area (Å²) in [6.07, 6.45) is 0. The Morgan fingerprint density at radius 3 is 2.88 bits per heavy atom. The first-order valence-electron chi connectivity index (χ1n) is 4.57. The number of urea groups is 1. The highest BCUT2D eigenvalue weighted by molar-refractivity contribution is 8.00. The first-order valence-corrected chi connectivity index (χ1v) is 5.45. The number of aromatic nitrogens is 4. The minimum atomic E-state index is -0.868. The number of carbonyl (C=O) groups excluding carboxylic acids is 2. The van der Waals surface area contributed by atoms with Gasteiger partial charge in [0, 0.05) is 6.54 Å². The fraction of sp³-hybridized carbons (Fsp3) is 0.571. The standard InChI is InChI=1S/C7H12N6O2S/c1-3-13-7(10-11-12-13)16-4(2)5(14)9-6(8)15/h4H,3H2,1-2H3,(H3,8,9,14,15). The first kappa shape index (κ1) is 12.4. The number of hydrogen-bond donors (Lipinski definition) is 2. The second-order valence-electron chi connectivity index (χ2n) is 2.89. The normalized spacial score (nSPS) is 12.1. The van der Waals surface area contributed by atoms with E-state index in [4.69, 9.17) is 5.73 Å². The van der Waals surface area contributed by atoms with Crippen LogP contribution in [0.3, 0.4) is 0 Å². The predicted molar refractivity (Wildman–Crippen MR) is 56.5 cm³/mol. The molecule has 0 aliphatic rings. The van der Waals surface area contributed by atoms with Gasteiger partial charge in [-0.1, -0.05) is 11.8 Å². The van der Waals surface area contributed by atoms with Crippen molar-refractivity contribution in [3.8, 4) is 0 Å². The van der Waals surface area contributed by atoms with Gasteiger partial charge in [-0.2, -0.15) is 0 Å². The van der Waals surface area contributed by atoms with Crippen molar-refractivity contribution in [3.63, 3.8) is 0 Å². The van der Waals surface area contributed by atoms with E-state index in [0.717, 1.165) is 11.8 Å². The third kappa shape index (κ3) is 3.19. The molecule has 1 rings (SSSR count). The predicted octanol–water partition coefficient (Wildman–Crippen LogP) is -0.631. The Hall–Kier alpha value is -1.64. The van der Waals surface area contributed by atoms with Crippen LogP contribution in [0.15, 0.2) is 5.16 Å². The summed E-state index contributed by atoms with van der Waals surface area (Å²) in [5.41, 5.74) is 4.83. The zero-order valence-corrected chi connectivity index (χ0v) is 9.69. The lowest BCUT2D eigenvalue weighted by Crippen LogP contribution is -2.39. The van der Waals surface area contributed by atoms with Gasteiger partial charge in [0.25, 0.3) is 0 Å². The molecular formula is C7H12N6O2S. The smallest absolute Gasteiger partial charge is 0.318 e. The van der Waals surface area contributed by atoms with Gasteiger partial charge in [0.15, 0.2) is 0 Å². The Morgan fingerprint density at radius 1 is 1.62 bits per heavy atom. The number of nitrogens with two attached hydrogens (primary N) is 1. The molecule has 0 radical (unpaired) electrons. The number of aryl methyl sites for hydroxylation is 1. The van der Waals surface area contributed by atoms with Crippen LogP contribution in [0.4, 0.5) is 4.79 Å². The molecule has 0 fully saturated rings. The van der Waals surface area contributed by atoms with E-state index in [2.05, 4.69) is 15.5 Å². The first-order chi connectivity index (χ1) is 7.54. The SMILES string of the molecule is CCn1nnnc1SC(C)C(=O)NC(N)=O. The molecule has 88 valence electrons. The van der Waals surface area contributed by atoms with Gasteiger partial charge >= 0.3 is 6.03 Å². The molecule has 1 heterocycles. The topological polar surface area (TPSA) is 116 Å². The molecule has 9 heteroatoms. The maximum atomic E-state index is 11.4. The van der Waals surface area contributed by atoms with Crippen molar-refractivity contribution < 1.29 is 9.59 Å². The van der Waals surface area contributed by atoms with Gasteiger partial charge < -0.3 is 5.73 Å². The van der Waals surface area contributed by atoms with Gasteiger partial charge in [0.2, 0.25) is 11.1 Å². The van der Waals surface area contributed by atoms with E-state index in [0.29, 0.717) is 11.7 Å². The molecule has 0 bridgehead atoms. The maximum absolute atomic E-state index is 11.4. The number of hydrogen-bond acceptors (Lipinski definition) is 6. The zero-order chi connectivity index (χ0) is 12.1. The molecule has 0 aliphatic heterocycles. The van der Waals surface area contributed by atoms with E-state index in [1.807, 2.05) is 12.2 Å². The molecule has 0 aromatic carbocycles. The monoisotopic (exact) mass is 244 g/mol. The van der Waals surface area contributed by atoms with Crippen LogP contribution in [0.2, 0.25) is 0 Å². The number of tetrazole rings is 1. The summed E-state index contributed by atoms with van der Waals surface area (Å²) in [5.74, 6) is -0.469. The quantitative estimate of drug-likeness (QED) is 0.681. The maximum Gasteiger partial charge on any atom is 0.318 e. The molecule has 0 saturated heterocycles. The highest BCUT2D eigenvalue weighted by Gasteiger charge is 2.18. The minimum Gasteiger partial charge on any atom is -0.351 e. The van der Waals surface area contributed by atoms with Gasteiger partial charge in [-0.05, 0) is 24.3 Å². The Kier molecular flexibility index (Phi) is 4.23. The summed E-state index contributed by atoms with van der Waals surface area (Å²) in [6, 6.07) is -0.868. The number of nitrogens with one attached hydrogen (secondary N) is 1. The molecule has 1 aromatic rings. The van der Waals surface area contributed by atoms with Crippen molar-refractivity contribution in [3.05, 3.63) is 0 Å². The van der Waals surface area contributed by atoms with Crippen molar-refractivity contribution >= 4 is 23.7 Å². The van der Waals surface area contributed by atoms with Crippen LogP contribution in [0, 0.1) is 0 Å². The van der Waals surface area contributed by atoms with E-state index in [1.165, 1.54) is 0 Å². The number of rotatable bonds is 4. The second-order valence-corrected chi connectivity index (χ2v) is 4.20. The Bertz CT molecular complexity index is 392. The average Bonchev–Trinajstić information content (AvgIpc) is 2.64. The summed E-state index contributed by atoms with van der Waals surface area (Å²) in [5, 5.41) is 13.0. The van der Waals surface area contributed by atoms with E-state index in [9.17, 15) is 9.59 Å². The molecule has 3 N–H and O–H groups in total. The van der Waals surface area contributed by atoms with Gasteiger partial charge in [0.1, 0.15) is 0 Å². The van der Waals surface area contributed by atoms with Crippen LogP contribution in [0.1, 0.15) is 13.8 Å². The highest BCUT2D eigenvalue weighted by atomic mass is 32.2. The van der Waals surface area contributed by atoms with Gasteiger partial charge in [-0.3, -0.25) is 10.1 Å². The third-order valence-corrected chi connectivity index (χ3v) is 2.77. The molecule has 0 saturated carbocycles. The fourth-order valence-corrected chi connectivity index (χ4v) is 1.77. The van der Waals surface area contributed by atoms with Crippen molar-refractivity contribution in [2.45, 2.75) is 30.8 Å². The number of primary amides is 1. The minimum absolute atomic E-state index is 0.469. The van der Waals surface area contributed by atoms with Crippen molar-refractivity contribution in [2.24, 2.45) is 5.73 Å². The Balaban J connectivity index is 2.60. The Morgan fingerprint density at radius 2 is 2.31 bits per heavy atom. The van der Waals surface area contributed by atoms with Crippen molar-refractivity contribution in [1.29, 1.82) is 0 Å². The lowest BCUT2D eigenvalue weighted by Gasteiger charge is -2.08. The van der Waals surface area contributed by atoms with Crippen LogP contribution < -0.4 is 11.1 Å². The van der Waals surface area contributed by atoms with E-state index in [-0.39, 0.29) is 0 Å². The summed E-state index contributed by atoms with van der Waals surface area (Å²) in [4.78, 5) is 21.8. The van der Waals surface area contributed by atoms with Crippen LogP contribution in [-0.4, -0.2) is 37.4 Å². The molecule has 1 unspecified atom stereocenters. The molecule has 8 nitrogen and oxygen atoms in total. The number of imide groups is 1. The summed E-state index contributed by atoms with van der Waals surface area (Å²) in [7, 11) is 0. The van der Waals surface area contributed by atoms with E-state index >= 15 is 0 Å².